The van der Waals surface area contributed by atoms with E-state index in [2.05, 4.69) is 24.4 Å². The minimum atomic E-state index is -1.56. The topological polar surface area (TPSA) is 149 Å². The number of aliphatic hydroxyl groups excluding tert-OH is 5. The quantitative estimate of drug-likeness (QED) is 0.0320. The molecule has 1 aliphatic heterocycles. The van der Waals surface area contributed by atoms with Gasteiger partial charge in [-0.15, -0.1) is 0 Å². The molecule has 6 N–H and O–H groups in total. The SMILES string of the molecule is CCCCCCCCCCCCCCCCCCCCC/C=C/CC/C=C/C(O)C(COC1OC(CO)C(O)C(O)C1O)NC(=O)CCC. The van der Waals surface area contributed by atoms with Crippen LogP contribution in [0.3, 0.4) is 0 Å². The van der Waals surface area contributed by atoms with Gasteiger partial charge in [0, 0.05) is 6.42 Å². The highest BCUT2D eigenvalue weighted by molar-refractivity contribution is 5.76. The van der Waals surface area contributed by atoms with Gasteiger partial charge in [0.05, 0.1) is 25.4 Å². The molecule has 0 bridgehead atoms. The van der Waals surface area contributed by atoms with Crippen LogP contribution in [-0.2, 0) is 14.3 Å². The Morgan fingerprint density at radius 3 is 1.67 bits per heavy atom. The van der Waals surface area contributed by atoms with E-state index in [-0.39, 0.29) is 18.9 Å². The van der Waals surface area contributed by atoms with E-state index < -0.39 is 49.5 Å². The lowest BCUT2D eigenvalue weighted by Crippen LogP contribution is -2.60. The number of hydrogen-bond donors (Lipinski definition) is 6. The Hall–Kier alpha value is -1.33. The van der Waals surface area contributed by atoms with Crippen LogP contribution in [0.1, 0.15) is 168 Å². The first kappa shape index (κ1) is 45.7. The lowest BCUT2D eigenvalue weighted by atomic mass is 9.99. The van der Waals surface area contributed by atoms with Gasteiger partial charge in [0.25, 0.3) is 0 Å². The Bertz CT molecular complexity index is 822. The van der Waals surface area contributed by atoms with Crippen LogP contribution < -0.4 is 5.32 Å². The average molecular weight is 698 g/mol. The third-order valence-electron chi connectivity index (χ3n) is 9.50. The molecule has 1 heterocycles. The highest BCUT2D eigenvalue weighted by Gasteiger charge is 2.44. The lowest BCUT2D eigenvalue weighted by molar-refractivity contribution is -0.302. The number of aliphatic hydroxyl groups is 5. The van der Waals surface area contributed by atoms with Gasteiger partial charge in [-0.05, 0) is 32.1 Å². The number of allylic oxidation sites excluding steroid dienone is 3. The lowest BCUT2D eigenvalue weighted by Gasteiger charge is -2.40. The zero-order chi connectivity index (χ0) is 36.0. The third kappa shape index (κ3) is 23.0. The fourth-order valence-corrected chi connectivity index (χ4v) is 6.27. The van der Waals surface area contributed by atoms with Crippen LogP contribution in [0.2, 0.25) is 0 Å². The average Bonchev–Trinajstić information content (AvgIpc) is 3.09. The third-order valence-corrected chi connectivity index (χ3v) is 9.50. The number of amides is 1. The molecule has 0 aromatic heterocycles. The highest BCUT2D eigenvalue weighted by Crippen LogP contribution is 2.22. The molecule has 7 unspecified atom stereocenters. The van der Waals surface area contributed by atoms with Gasteiger partial charge in [-0.25, -0.2) is 0 Å². The number of rotatable bonds is 32. The fourth-order valence-electron chi connectivity index (χ4n) is 6.27. The Morgan fingerprint density at radius 1 is 0.673 bits per heavy atom. The molecule has 0 radical (unpaired) electrons. The molecule has 9 heteroatoms. The van der Waals surface area contributed by atoms with Crippen molar-refractivity contribution in [1.29, 1.82) is 0 Å². The summed E-state index contributed by atoms with van der Waals surface area (Å²) in [6.07, 6.45) is 29.8. The molecule has 0 aliphatic carbocycles. The Kier molecular flexibility index (Phi) is 29.3. The normalized spacial score (nSPS) is 22.6. The van der Waals surface area contributed by atoms with Crippen molar-refractivity contribution in [2.75, 3.05) is 13.2 Å². The van der Waals surface area contributed by atoms with Gasteiger partial charge in [-0.3, -0.25) is 4.79 Å². The van der Waals surface area contributed by atoms with Crippen LogP contribution in [0.25, 0.3) is 0 Å². The molecule has 0 aromatic carbocycles. The van der Waals surface area contributed by atoms with Gasteiger partial charge in [-0.2, -0.15) is 0 Å². The minimum absolute atomic E-state index is 0.205. The predicted molar refractivity (Wildman–Crippen MR) is 198 cm³/mol. The van der Waals surface area contributed by atoms with Gasteiger partial charge in [0.2, 0.25) is 5.91 Å². The molecular weight excluding hydrogens is 622 g/mol. The highest BCUT2D eigenvalue weighted by atomic mass is 16.7. The summed E-state index contributed by atoms with van der Waals surface area (Å²) in [5.74, 6) is -0.241. The van der Waals surface area contributed by atoms with Crippen molar-refractivity contribution < 1.29 is 39.8 Å². The Morgan fingerprint density at radius 2 is 1.16 bits per heavy atom. The molecule has 1 aliphatic rings. The van der Waals surface area contributed by atoms with E-state index in [9.17, 15) is 30.3 Å². The fraction of sp³-hybridized carbons (Fsp3) is 0.875. The molecule has 1 rings (SSSR count). The summed E-state index contributed by atoms with van der Waals surface area (Å²) in [5.41, 5.74) is 0. The molecule has 1 amide bonds. The Labute approximate surface area is 298 Å². The molecule has 49 heavy (non-hydrogen) atoms. The number of ether oxygens (including phenoxy) is 2. The van der Waals surface area contributed by atoms with Crippen molar-refractivity contribution in [3.63, 3.8) is 0 Å². The first-order valence-electron chi connectivity index (χ1n) is 20.1. The second kappa shape index (κ2) is 31.4. The van der Waals surface area contributed by atoms with Crippen molar-refractivity contribution >= 4 is 5.91 Å². The van der Waals surface area contributed by atoms with E-state index in [1.807, 2.05) is 13.0 Å². The maximum Gasteiger partial charge on any atom is 0.220 e. The van der Waals surface area contributed by atoms with Gasteiger partial charge >= 0.3 is 0 Å². The standard InChI is InChI=1S/C40H75NO8/c1-3-5-6-7-8-9-10-11-12-13-14-15-16-17-18-19-20-21-22-23-24-25-26-27-28-30-34(43)33(41-36(44)29-4-2)32-48-40-39(47)38(46)37(45)35(31-42)49-40/h24-25,28,30,33-35,37-40,42-43,45-47H,3-23,26-27,29,31-32H2,1-2H3,(H,41,44)/b25-24+,30-28+. The number of carbonyl (C=O) groups is 1. The van der Waals surface area contributed by atoms with Gasteiger partial charge in [0.1, 0.15) is 24.4 Å². The maximum absolute atomic E-state index is 12.3. The van der Waals surface area contributed by atoms with E-state index in [0.717, 1.165) is 19.3 Å². The summed E-state index contributed by atoms with van der Waals surface area (Å²) in [7, 11) is 0. The second-order valence-corrected chi connectivity index (χ2v) is 14.1. The van der Waals surface area contributed by atoms with E-state index in [1.165, 1.54) is 122 Å². The van der Waals surface area contributed by atoms with E-state index in [4.69, 9.17) is 9.47 Å². The first-order chi connectivity index (χ1) is 23.8. The molecule has 0 aromatic rings. The van der Waals surface area contributed by atoms with Crippen LogP contribution in [0.15, 0.2) is 24.3 Å². The monoisotopic (exact) mass is 698 g/mol. The molecule has 0 saturated carbocycles. The van der Waals surface area contributed by atoms with E-state index in [0.29, 0.717) is 6.42 Å². The van der Waals surface area contributed by atoms with Crippen molar-refractivity contribution in [3.05, 3.63) is 24.3 Å². The summed E-state index contributed by atoms with van der Waals surface area (Å²) in [5, 5.41) is 53.1. The van der Waals surface area contributed by atoms with Gasteiger partial charge in [0.15, 0.2) is 6.29 Å². The van der Waals surface area contributed by atoms with Crippen LogP contribution in [0.4, 0.5) is 0 Å². The van der Waals surface area contributed by atoms with E-state index >= 15 is 0 Å². The van der Waals surface area contributed by atoms with Gasteiger partial charge < -0.3 is 40.3 Å². The van der Waals surface area contributed by atoms with Crippen LogP contribution >= 0.6 is 0 Å². The minimum Gasteiger partial charge on any atom is -0.394 e. The largest absolute Gasteiger partial charge is 0.394 e. The van der Waals surface area contributed by atoms with Crippen molar-refractivity contribution in [1.82, 2.24) is 5.32 Å². The zero-order valence-electron chi connectivity index (χ0n) is 31.2. The molecule has 288 valence electrons. The number of unbranched alkanes of at least 4 members (excludes halogenated alkanes) is 20. The molecular formula is C40H75NO8. The van der Waals surface area contributed by atoms with E-state index in [1.54, 1.807) is 6.08 Å². The summed E-state index contributed by atoms with van der Waals surface area (Å²) < 4.78 is 11.0. The summed E-state index contributed by atoms with van der Waals surface area (Å²) in [4.78, 5) is 12.3. The predicted octanol–water partition coefficient (Wildman–Crippen LogP) is 7.16. The van der Waals surface area contributed by atoms with Crippen LogP contribution in [0.5, 0.6) is 0 Å². The zero-order valence-corrected chi connectivity index (χ0v) is 31.2. The molecule has 7 atom stereocenters. The Balaban J connectivity index is 2.11. The summed E-state index contributed by atoms with van der Waals surface area (Å²) in [6.45, 7) is 3.39. The van der Waals surface area contributed by atoms with Crippen molar-refractivity contribution in [2.45, 2.75) is 211 Å². The number of carbonyl (C=O) groups excluding carboxylic acids is 1. The summed E-state index contributed by atoms with van der Waals surface area (Å²) in [6, 6.07) is -0.812. The smallest absolute Gasteiger partial charge is 0.220 e. The maximum atomic E-state index is 12.3. The first-order valence-corrected chi connectivity index (χ1v) is 20.1. The van der Waals surface area contributed by atoms with Crippen LogP contribution in [0, 0.1) is 0 Å². The van der Waals surface area contributed by atoms with Crippen LogP contribution in [-0.4, -0.2) is 87.5 Å². The summed E-state index contributed by atoms with van der Waals surface area (Å²) >= 11 is 0. The molecule has 1 fully saturated rings. The number of hydrogen-bond acceptors (Lipinski definition) is 8. The van der Waals surface area contributed by atoms with Gasteiger partial charge in [-0.1, -0.05) is 154 Å². The molecule has 9 nitrogen and oxygen atoms in total. The second-order valence-electron chi connectivity index (χ2n) is 14.1. The van der Waals surface area contributed by atoms with Crippen molar-refractivity contribution in [3.8, 4) is 0 Å². The number of nitrogens with one attached hydrogen (secondary N) is 1. The van der Waals surface area contributed by atoms with Crippen molar-refractivity contribution in [2.24, 2.45) is 0 Å². The molecule has 0 spiro atoms. The molecule has 1 saturated heterocycles.